The fourth-order valence-electron chi connectivity index (χ4n) is 8.54. The van der Waals surface area contributed by atoms with E-state index in [1.54, 1.807) is 24.4 Å². The number of hydrogen-bond acceptors (Lipinski definition) is 8. The molecular formula is C36H33F2N7O2. The normalized spacial score (nSPS) is 25.0. The number of pyridine rings is 1. The van der Waals surface area contributed by atoms with Crippen molar-refractivity contribution in [2.24, 2.45) is 0 Å². The summed E-state index contributed by atoms with van der Waals surface area (Å²) in [6.45, 7) is 3.47. The Kier molecular flexibility index (Phi) is 6.42. The number of ether oxygens (including phenoxy) is 1. The molecule has 11 heteroatoms. The van der Waals surface area contributed by atoms with Gasteiger partial charge in [0.05, 0.1) is 22.9 Å². The summed E-state index contributed by atoms with van der Waals surface area (Å²) < 4.78 is 37.1. The number of nitrogens with one attached hydrogen (secondary N) is 1. The molecule has 0 saturated carbocycles. The number of benzene rings is 2. The summed E-state index contributed by atoms with van der Waals surface area (Å²) in [4.78, 5) is 19.4. The molecule has 9 nitrogen and oxygen atoms in total. The van der Waals surface area contributed by atoms with Crippen LogP contribution in [0.5, 0.6) is 11.8 Å². The van der Waals surface area contributed by atoms with E-state index in [1.165, 1.54) is 6.07 Å². The molecule has 0 radical (unpaired) electrons. The second-order valence-corrected chi connectivity index (χ2v) is 13.4. The zero-order chi connectivity index (χ0) is 31.9. The van der Waals surface area contributed by atoms with Gasteiger partial charge in [0, 0.05) is 55.1 Å². The molecule has 7 heterocycles. The molecule has 2 aromatic carbocycles. The van der Waals surface area contributed by atoms with Crippen molar-refractivity contribution >= 4 is 33.3 Å². The zero-order valence-electron chi connectivity index (χ0n) is 25.7. The van der Waals surface area contributed by atoms with Crippen LogP contribution in [0.4, 0.5) is 14.6 Å². The van der Waals surface area contributed by atoms with Crippen LogP contribution in [0.1, 0.15) is 37.7 Å². The molecule has 4 aliphatic heterocycles. The Morgan fingerprint density at radius 2 is 2.00 bits per heavy atom. The van der Waals surface area contributed by atoms with Crippen molar-refractivity contribution in [3.8, 4) is 35.2 Å². The second-order valence-electron chi connectivity index (χ2n) is 13.4. The number of terminal acetylenes is 1. The van der Waals surface area contributed by atoms with Crippen LogP contribution in [0.15, 0.2) is 54.6 Å². The molecule has 4 fully saturated rings. The largest absolute Gasteiger partial charge is 0.508 e. The van der Waals surface area contributed by atoms with E-state index >= 15 is 4.39 Å². The molecule has 4 saturated heterocycles. The number of phenols is 1. The molecular weight excluding hydrogens is 600 g/mol. The monoisotopic (exact) mass is 633 g/mol. The first-order valence-corrected chi connectivity index (χ1v) is 16.2. The summed E-state index contributed by atoms with van der Waals surface area (Å²) in [5, 5.41) is 15.6. The number of aromatic nitrogens is 4. The van der Waals surface area contributed by atoms with Gasteiger partial charge in [0.1, 0.15) is 29.3 Å². The topological polar surface area (TPSA) is 91.1 Å². The molecule has 238 valence electrons. The fraction of sp³-hybridized carbons (Fsp3) is 0.361. The van der Waals surface area contributed by atoms with Crippen LogP contribution < -0.4 is 15.0 Å². The van der Waals surface area contributed by atoms with Crippen LogP contribution in [0, 0.1) is 18.2 Å². The number of phenolic OH excluding ortho intramolecular Hbond substituents is 1. The van der Waals surface area contributed by atoms with Crippen molar-refractivity contribution in [1.82, 2.24) is 29.6 Å². The Morgan fingerprint density at radius 1 is 1.15 bits per heavy atom. The van der Waals surface area contributed by atoms with E-state index in [0.29, 0.717) is 64.7 Å². The van der Waals surface area contributed by atoms with E-state index in [1.807, 2.05) is 16.7 Å². The van der Waals surface area contributed by atoms with Gasteiger partial charge in [-0.1, -0.05) is 12.0 Å². The minimum absolute atomic E-state index is 0.0224. The predicted octanol–water partition coefficient (Wildman–Crippen LogP) is 5.33. The Balaban J connectivity index is 1.24. The van der Waals surface area contributed by atoms with Gasteiger partial charge in [-0.15, -0.1) is 6.42 Å². The van der Waals surface area contributed by atoms with E-state index < -0.39 is 5.82 Å². The van der Waals surface area contributed by atoms with Gasteiger partial charge in [0.25, 0.3) is 0 Å². The summed E-state index contributed by atoms with van der Waals surface area (Å²) in [6.07, 6.45) is 15.0. The smallest absolute Gasteiger partial charge is 0.319 e. The van der Waals surface area contributed by atoms with Gasteiger partial charge in [0.2, 0.25) is 0 Å². The zero-order valence-corrected chi connectivity index (χ0v) is 25.7. The molecule has 0 unspecified atom stereocenters. The number of hydrogen-bond donors (Lipinski definition) is 2. The number of rotatable bonds is 5. The van der Waals surface area contributed by atoms with Crippen molar-refractivity contribution in [3.63, 3.8) is 0 Å². The Morgan fingerprint density at radius 3 is 2.81 bits per heavy atom. The number of halogens is 2. The van der Waals surface area contributed by atoms with Crippen molar-refractivity contribution in [1.29, 1.82) is 0 Å². The van der Waals surface area contributed by atoms with E-state index in [9.17, 15) is 9.50 Å². The molecule has 9 rings (SSSR count). The van der Waals surface area contributed by atoms with Crippen LogP contribution in [0.3, 0.4) is 0 Å². The number of piperazine rings is 1. The molecule has 5 aromatic rings. The lowest BCUT2D eigenvalue weighted by Crippen LogP contribution is -2.51. The molecule has 2 bridgehead atoms. The number of nitrogens with zero attached hydrogens (tertiary/aromatic N) is 6. The highest BCUT2D eigenvalue weighted by atomic mass is 19.1. The Labute approximate surface area is 269 Å². The van der Waals surface area contributed by atoms with E-state index in [2.05, 4.69) is 21.0 Å². The minimum atomic E-state index is -0.515. The van der Waals surface area contributed by atoms with Crippen molar-refractivity contribution in [3.05, 3.63) is 66.0 Å². The second kappa shape index (κ2) is 10.6. The van der Waals surface area contributed by atoms with Crippen LogP contribution in [0.2, 0.25) is 0 Å². The van der Waals surface area contributed by atoms with Crippen LogP contribution in [-0.4, -0.2) is 79.8 Å². The number of imidazole rings is 1. The first-order valence-electron chi connectivity index (χ1n) is 16.2. The summed E-state index contributed by atoms with van der Waals surface area (Å²) in [6, 6.07) is 8.99. The maximum Gasteiger partial charge on any atom is 0.319 e. The predicted molar refractivity (Wildman–Crippen MR) is 176 cm³/mol. The Bertz CT molecular complexity index is 2160. The molecule has 4 aliphatic rings. The van der Waals surface area contributed by atoms with Gasteiger partial charge in [-0.2, -0.15) is 9.97 Å². The maximum absolute atomic E-state index is 15.1. The highest BCUT2D eigenvalue weighted by molar-refractivity contribution is 6.06. The van der Waals surface area contributed by atoms with Crippen molar-refractivity contribution in [2.45, 2.75) is 49.7 Å². The first kappa shape index (κ1) is 28.4. The van der Waals surface area contributed by atoms with Gasteiger partial charge in [-0.25, -0.2) is 13.8 Å². The van der Waals surface area contributed by atoms with Crippen LogP contribution >= 0.6 is 0 Å². The number of anilines is 1. The standard InChI is InChI=1S/C36H33F2N7O2/c1-2-26-29(38)7-4-22-12-25(46)13-27(31(22)26)28-14-30-32(45-11-9-39-33(28)45)34(43-18-23-5-6-24(19-43)40-23)42-35(41-30)47-20-36-8-3-10-44(36)17-21(15-36)16-37/h1,4,7,9,11-14,16,23-24,40,46H,3,5-6,8,10,15,17-20H2/b21-16-/t23-,24+,36-/m0/s1. The van der Waals surface area contributed by atoms with Gasteiger partial charge in [-0.3, -0.25) is 9.30 Å². The number of fused-ring (bicyclic) bond motifs is 7. The lowest BCUT2D eigenvalue weighted by molar-refractivity contribution is 0.108. The quantitative estimate of drug-likeness (QED) is 0.251. The molecule has 0 aliphatic carbocycles. The molecule has 3 aromatic heterocycles. The van der Waals surface area contributed by atoms with Crippen molar-refractivity contribution < 1.29 is 18.6 Å². The molecule has 0 spiro atoms. The SMILES string of the molecule is C#Cc1c(F)ccc2cc(O)cc(-c3cc4nc(OC[C@@]56CCCN5C/C(=C\F)C6)nc(N5C[C@H]6CC[C@@H](C5)N6)c4n4ccnc34)c12. The van der Waals surface area contributed by atoms with Crippen LogP contribution in [0.25, 0.3) is 38.6 Å². The van der Waals surface area contributed by atoms with Gasteiger partial charge < -0.3 is 20.1 Å². The third-order valence-electron chi connectivity index (χ3n) is 10.6. The van der Waals surface area contributed by atoms with E-state index in [-0.39, 0.29) is 22.9 Å². The summed E-state index contributed by atoms with van der Waals surface area (Å²) in [5.41, 5.74) is 3.81. The molecule has 0 amide bonds. The maximum atomic E-state index is 15.1. The first-order chi connectivity index (χ1) is 22.9. The lowest BCUT2D eigenvalue weighted by atomic mass is 9.94. The van der Waals surface area contributed by atoms with E-state index in [0.717, 1.165) is 68.6 Å². The number of aromatic hydroxyl groups is 1. The minimum Gasteiger partial charge on any atom is -0.508 e. The van der Waals surface area contributed by atoms with Crippen molar-refractivity contribution in [2.75, 3.05) is 37.7 Å². The highest BCUT2D eigenvalue weighted by Gasteiger charge is 2.47. The lowest BCUT2D eigenvalue weighted by Gasteiger charge is -2.34. The third-order valence-corrected chi connectivity index (χ3v) is 10.6. The molecule has 3 atom stereocenters. The fourth-order valence-corrected chi connectivity index (χ4v) is 8.54. The van der Waals surface area contributed by atoms with Gasteiger partial charge in [-0.05, 0) is 79.4 Å². The van der Waals surface area contributed by atoms with Crippen LogP contribution in [-0.2, 0) is 0 Å². The summed E-state index contributed by atoms with van der Waals surface area (Å²) >= 11 is 0. The molecule has 47 heavy (non-hydrogen) atoms. The van der Waals surface area contributed by atoms with Gasteiger partial charge >= 0.3 is 6.01 Å². The summed E-state index contributed by atoms with van der Waals surface area (Å²) in [7, 11) is 0. The molecule has 2 N–H and O–H groups in total. The van der Waals surface area contributed by atoms with E-state index in [4.69, 9.17) is 26.1 Å². The average molecular weight is 634 g/mol. The average Bonchev–Trinajstić information content (AvgIpc) is 3.86. The summed E-state index contributed by atoms with van der Waals surface area (Å²) in [5.74, 6) is 2.78. The highest BCUT2D eigenvalue weighted by Crippen LogP contribution is 2.43. The Hall–Kier alpha value is -4.79. The third kappa shape index (κ3) is 4.46. The van der Waals surface area contributed by atoms with Gasteiger partial charge in [0.15, 0.2) is 5.82 Å².